The molecule has 1 aromatic rings. The van der Waals surface area contributed by atoms with Crippen molar-refractivity contribution in [3.8, 4) is 11.5 Å². The number of amides is 2. The monoisotopic (exact) mass is 334 g/mol. The van der Waals surface area contributed by atoms with E-state index in [1.165, 1.54) is 0 Å². The van der Waals surface area contributed by atoms with Gasteiger partial charge >= 0.3 is 0 Å². The topological polar surface area (TPSA) is 91.1 Å². The van der Waals surface area contributed by atoms with E-state index in [1.807, 2.05) is 0 Å². The van der Waals surface area contributed by atoms with Crippen molar-refractivity contribution in [3.05, 3.63) is 23.8 Å². The molecule has 0 aromatic heterocycles. The molecule has 0 radical (unpaired) electrons. The van der Waals surface area contributed by atoms with E-state index in [2.05, 4.69) is 0 Å². The molecule has 3 rings (SSSR count). The number of carbonyl (C=O) groups is 2. The van der Waals surface area contributed by atoms with Crippen LogP contribution in [0.1, 0.15) is 36.0 Å². The molecule has 0 unspecified atom stereocenters. The lowest BCUT2D eigenvalue weighted by atomic mass is 9.87. The molecular formula is C17H22N2O5. The van der Waals surface area contributed by atoms with Crippen molar-refractivity contribution in [1.29, 1.82) is 0 Å². The van der Waals surface area contributed by atoms with Gasteiger partial charge in [-0.3, -0.25) is 9.59 Å². The number of benzene rings is 1. The molecule has 1 aromatic carbocycles. The zero-order valence-corrected chi connectivity index (χ0v) is 13.7. The number of methoxy groups -OCH3 is 1. The molecule has 0 saturated carbocycles. The van der Waals surface area contributed by atoms with Crippen molar-refractivity contribution in [2.24, 2.45) is 5.73 Å². The van der Waals surface area contributed by atoms with Gasteiger partial charge in [-0.15, -0.1) is 0 Å². The standard InChI is InChI=1S/C17H22N2O5/c1-22-17(7-5-15(18)20)6-2-8-19(10-17)16(21)12-3-4-13-14(9-12)24-11-23-13/h3-4,9H,2,5-8,10-11H2,1H3,(H2,18,20)/t17-/m0/s1. The van der Waals surface area contributed by atoms with Crippen molar-refractivity contribution in [3.63, 3.8) is 0 Å². The molecule has 1 saturated heterocycles. The zero-order valence-electron chi connectivity index (χ0n) is 13.7. The molecule has 1 fully saturated rings. The Kier molecular flexibility index (Phi) is 4.62. The first-order chi connectivity index (χ1) is 11.5. The number of nitrogens with zero attached hydrogens (tertiary/aromatic N) is 1. The molecule has 7 heteroatoms. The maximum absolute atomic E-state index is 12.8. The lowest BCUT2D eigenvalue weighted by molar-refractivity contribution is -0.121. The third-order valence-corrected chi connectivity index (χ3v) is 4.71. The highest BCUT2D eigenvalue weighted by Crippen LogP contribution is 2.34. The molecule has 2 aliphatic heterocycles. The molecule has 0 spiro atoms. The number of ether oxygens (including phenoxy) is 3. The molecule has 130 valence electrons. The van der Waals surface area contributed by atoms with E-state index in [0.29, 0.717) is 36.6 Å². The van der Waals surface area contributed by atoms with Gasteiger partial charge in [-0.25, -0.2) is 0 Å². The van der Waals surface area contributed by atoms with Gasteiger partial charge in [0.1, 0.15) is 0 Å². The maximum atomic E-state index is 12.8. The first-order valence-corrected chi connectivity index (χ1v) is 8.05. The second kappa shape index (κ2) is 6.68. The number of hydrogen-bond donors (Lipinski definition) is 1. The van der Waals surface area contributed by atoms with Crippen molar-refractivity contribution in [1.82, 2.24) is 4.90 Å². The van der Waals surface area contributed by atoms with Gasteiger partial charge < -0.3 is 24.8 Å². The molecule has 7 nitrogen and oxygen atoms in total. The zero-order chi connectivity index (χ0) is 17.2. The number of hydrogen-bond acceptors (Lipinski definition) is 5. The summed E-state index contributed by atoms with van der Waals surface area (Å²) in [7, 11) is 1.62. The number of nitrogens with two attached hydrogens (primary N) is 1. The summed E-state index contributed by atoms with van der Waals surface area (Å²) in [5.41, 5.74) is 5.30. The molecule has 1 atom stereocenters. The number of likely N-dealkylation sites (tertiary alicyclic amines) is 1. The summed E-state index contributed by atoms with van der Waals surface area (Å²) in [6, 6.07) is 5.19. The first-order valence-electron chi connectivity index (χ1n) is 8.05. The van der Waals surface area contributed by atoms with Crippen LogP contribution in [0.5, 0.6) is 11.5 Å². The first kappa shape index (κ1) is 16.6. The Morgan fingerprint density at radius 1 is 1.33 bits per heavy atom. The minimum Gasteiger partial charge on any atom is -0.454 e. The highest BCUT2D eigenvalue weighted by molar-refractivity contribution is 5.95. The summed E-state index contributed by atoms with van der Waals surface area (Å²) in [5.74, 6) is 0.807. The number of primary amides is 1. The minimum absolute atomic E-state index is 0.0755. The number of piperidine rings is 1. The van der Waals surface area contributed by atoms with E-state index in [9.17, 15) is 9.59 Å². The number of rotatable bonds is 5. The average Bonchev–Trinajstić information content (AvgIpc) is 3.07. The van der Waals surface area contributed by atoms with Crippen LogP contribution in [0.3, 0.4) is 0 Å². The predicted molar refractivity (Wildman–Crippen MR) is 85.9 cm³/mol. The summed E-state index contributed by atoms with van der Waals surface area (Å²) in [5, 5.41) is 0. The van der Waals surface area contributed by atoms with E-state index >= 15 is 0 Å². The minimum atomic E-state index is -0.515. The van der Waals surface area contributed by atoms with Crippen molar-refractivity contribution in [2.75, 3.05) is 27.0 Å². The molecule has 0 aliphatic carbocycles. The molecule has 2 amide bonds. The maximum Gasteiger partial charge on any atom is 0.254 e. The lowest BCUT2D eigenvalue weighted by Gasteiger charge is -2.42. The van der Waals surface area contributed by atoms with Crippen LogP contribution < -0.4 is 15.2 Å². The van der Waals surface area contributed by atoms with Crippen molar-refractivity contribution < 1.29 is 23.8 Å². The second-order valence-corrected chi connectivity index (χ2v) is 6.25. The molecule has 2 heterocycles. The van der Waals surface area contributed by atoms with E-state index < -0.39 is 5.60 Å². The molecule has 2 N–H and O–H groups in total. The van der Waals surface area contributed by atoms with Crippen molar-refractivity contribution in [2.45, 2.75) is 31.3 Å². The van der Waals surface area contributed by atoms with Gasteiger partial charge in [0.05, 0.1) is 5.60 Å². The summed E-state index contributed by atoms with van der Waals surface area (Å²) >= 11 is 0. The largest absolute Gasteiger partial charge is 0.454 e. The smallest absolute Gasteiger partial charge is 0.254 e. The van der Waals surface area contributed by atoms with E-state index in [1.54, 1.807) is 30.2 Å². The average molecular weight is 334 g/mol. The van der Waals surface area contributed by atoms with Gasteiger partial charge in [0, 0.05) is 32.2 Å². The van der Waals surface area contributed by atoms with Gasteiger partial charge in [0.15, 0.2) is 11.5 Å². The highest BCUT2D eigenvalue weighted by Gasteiger charge is 2.37. The Morgan fingerprint density at radius 2 is 2.12 bits per heavy atom. The predicted octanol–water partition coefficient (Wildman–Crippen LogP) is 1.30. The van der Waals surface area contributed by atoms with Gasteiger partial charge in [-0.2, -0.15) is 0 Å². The summed E-state index contributed by atoms with van der Waals surface area (Å²) in [6.07, 6.45) is 2.40. The number of carbonyl (C=O) groups excluding carboxylic acids is 2. The van der Waals surface area contributed by atoms with E-state index in [4.69, 9.17) is 19.9 Å². The van der Waals surface area contributed by atoms with Crippen LogP contribution in [0.2, 0.25) is 0 Å². The van der Waals surface area contributed by atoms with Gasteiger partial charge in [-0.05, 0) is 37.5 Å². The summed E-state index contributed by atoms with van der Waals surface area (Å²) in [6.45, 7) is 1.29. The Bertz CT molecular complexity index is 648. The van der Waals surface area contributed by atoms with Gasteiger partial charge in [0.2, 0.25) is 12.7 Å². The Morgan fingerprint density at radius 3 is 2.88 bits per heavy atom. The van der Waals surface area contributed by atoms with Gasteiger partial charge in [-0.1, -0.05) is 0 Å². The summed E-state index contributed by atoms with van der Waals surface area (Å²) < 4.78 is 16.3. The number of fused-ring (bicyclic) bond motifs is 1. The molecule has 2 aliphatic rings. The third-order valence-electron chi connectivity index (χ3n) is 4.71. The molecule has 24 heavy (non-hydrogen) atoms. The fourth-order valence-electron chi connectivity index (χ4n) is 3.31. The van der Waals surface area contributed by atoms with E-state index in [0.717, 1.165) is 12.8 Å². The van der Waals surface area contributed by atoms with Crippen LogP contribution in [-0.4, -0.2) is 49.3 Å². The fourth-order valence-corrected chi connectivity index (χ4v) is 3.31. The van der Waals surface area contributed by atoms with Crippen molar-refractivity contribution >= 4 is 11.8 Å². The van der Waals surface area contributed by atoms with Crippen LogP contribution in [0.15, 0.2) is 18.2 Å². The Balaban J connectivity index is 1.73. The van der Waals surface area contributed by atoms with Crippen LogP contribution in [0.25, 0.3) is 0 Å². The van der Waals surface area contributed by atoms with Crippen LogP contribution in [0, 0.1) is 0 Å². The normalized spacial score (nSPS) is 22.5. The highest BCUT2D eigenvalue weighted by atomic mass is 16.7. The van der Waals surface area contributed by atoms with Crippen LogP contribution >= 0.6 is 0 Å². The van der Waals surface area contributed by atoms with Crippen LogP contribution in [0.4, 0.5) is 0 Å². The SMILES string of the molecule is CO[C@]1(CCC(N)=O)CCCN(C(=O)c2ccc3c(c2)OCO3)C1. The third kappa shape index (κ3) is 3.31. The summed E-state index contributed by atoms with van der Waals surface area (Å²) in [4.78, 5) is 25.7. The second-order valence-electron chi connectivity index (χ2n) is 6.25. The van der Waals surface area contributed by atoms with E-state index in [-0.39, 0.29) is 25.0 Å². The van der Waals surface area contributed by atoms with Crippen LogP contribution in [-0.2, 0) is 9.53 Å². The Labute approximate surface area is 140 Å². The molecule has 0 bridgehead atoms. The van der Waals surface area contributed by atoms with Gasteiger partial charge in [0.25, 0.3) is 5.91 Å². The fraction of sp³-hybridized carbons (Fsp3) is 0.529. The Hall–Kier alpha value is -2.28. The quantitative estimate of drug-likeness (QED) is 0.876. The molecular weight excluding hydrogens is 312 g/mol. The lowest BCUT2D eigenvalue weighted by Crippen LogP contribution is -2.51.